The van der Waals surface area contributed by atoms with Crippen LogP contribution in [-0.2, 0) is 12.8 Å². The zero-order chi connectivity index (χ0) is 14.4. The number of halogens is 1. The third-order valence-corrected chi connectivity index (χ3v) is 4.17. The van der Waals surface area contributed by atoms with E-state index in [1.807, 2.05) is 19.1 Å². The van der Waals surface area contributed by atoms with E-state index in [1.165, 1.54) is 22.8 Å². The van der Waals surface area contributed by atoms with Crippen molar-refractivity contribution in [2.75, 3.05) is 6.61 Å². The molecule has 1 N–H and O–H groups in total. The molecule has 0 aliphatic heterocycles. The molecule has 1 heterocycles. The Balaban J connectivity index is 1.90. The van der Waals surface area contributed by atoms with Gasteiger partial charge in [0.2, 0.25) is 0 Å². The van der Waals surface area contributed by atoms with E-state index in [0.29, 0.717) is 6.61 Å². The first-order valence-corrected chi connectivity index (χ1v) is 7.32. The van der Waals surface area contributed by atoms with E-state index >= 15 is 0 Å². The molecule has 0 saturated heterocycles. The van der Waals surface area contributed by atoms with Crippen LogP contribution in [0.1, 0.15) is 18.1 Å². The van der Waals surface area contributed by atoms with Gasteiger partial charge in [-0.1, -0.05) is 0 Å². The minimum absolute atomic E-state index is 0.179. The standard InChI is InChI=1S/C18H16FNO/c1-2-21-13-5-7-14-11(9-13)3-6-15-16-10-12(19)4-8-17(16)20-18(14)15/h4-5,7-10,20H,2-3,6H2,1H3. The summed E-state index contributed by atoms with van der Waals surface area (Å²) in [7, 11) is 0. The van der Waals surface area contributed by atoms with E-state index in [0.717, 1.165) is 35.2 Å². The summed E-state index contributed by atoms with van der Waals surface area (Å²) in [5, 5.41) is 1.00. The molecule has 1 aliphatic rings. The number of nitrogens with one attached hydrogen (secondary N) is 1. The minimum Gasteiger partial charge on any atom is -0.494 e. The first-order valence-electron chi connectivity index (χ1n) is 7.32. The zero-order valence-corrected chi connectivity index (χ0v) is 11.9. The molecule has 1 aromatic heterocycles. The number of aromatic nitrogens is 1. The number of fused-ring (bicyclic) bond motifs is 5. The first-order chi connectivity index (χ1) is 10.3. The second kappa shape index (κ2) is 4.62. The Kier molecular flexibility index (Phi) is 2.74. The van der Waals surface area contributed by atoms with Crippen molar-refractivity contribution in [1.82, 2.24) is 4.98 Å². The Morgan fingerprint density at radius 1 is 1.14 bits per heavy atom. The highest BCUT2D eigenvalue weighted by Crippen LogP contribution is 2.38. The van der Waals surface area contributed by atoms with Gasteiger partial charge in [0, 0.05) is 22.2 Å². The maximum absolute atomic E-state index is 13.5. The number of ether oxygens (including phenoxy) is 1. The van der Waals surface area contributed by atoms with E-state index in [4.69, 9.17) is 4.74 Å². The molecule has 2 nitrogen and oxygen atoms in total. The zero-order valence-electron chi connectivity index (χ0n) is 11.9. The van der Waals surface area contributed by atoms with Gasteiger partial charge in [0.25, 0.3) is 0 Å². The maximum atomic E-state index is 13.5. The van der Waals surface area contributed by atoms with Crippen LogP contribution in [0.3, 0.4) is 0 Å². The molecular formula is C18H16FNO. The van der Waals surface area contributed by atoms with Crippen molar-refractivity contribution >= 4 is 10.9 Å². The normalized spacial score (nSPS) is 13.0. The van der Waals surface area contributed by atoms with Crippen molar-refractivity contribution in [2.45, 2.75) is 19.8 Å². The van der Waals surface area contributed by atoms with Crippen LogP contribution in [0, 0.1) is 5.82 Å². The molecule has 4 rings (SSSR count). The average molecular weight is 281 g/mol. The molecular weight excluding hydrogens is 265 g/mol. The van der Waals surface area contributed by atoms with Crippen molar-refractivity contribution < 1.29 is 9.13 Å². The molecule has 0 unspecified atom stereocenters. The number of hydrogen-bond acceptors (Lipinski definition) is 1. The number of benzene rings is 2. The van der Waals surface area contributed by atoms with Crippen LogP contribution >= 0.6 is 0 Å². The largest absolute Gasteiger partial charge is 0.494 e. The van der Waals surface area contributed by atoms with Crippen molar-refractivity contribution in [2.24, 2.45) is 0 Å². The van der Waals surface area contributed by atoms with Gasteiger partial charge in [-0.2, -0.15) is 0 Å². The van der Waals surface area contributed by atoms with E-state index in [9.17, 15) is 4.39 Å². The highest BCUT2D eigenvalue weighted by atomic mass is 19.1. The minimum atomic E-state index is -0.179. The van der Waals surface area contributed by atoms with Gasteiger partial charge in [-0.15, -0.1) is 0 Å². The number of hydrogen-bond donors (Lipinski definition) is 1. The topological polar surface area (TPSA) is 25.0 Å². The summed E-state index contributed by atoms with van der Waals surface area (Å²) >= 11 is 0. The van der Waals surface area contributed by atoms with E-state index < -0.39 is 0 Å². The molecule has 0 fully saturated rings. The summed E-state index contributed by atoms with van der Waals surface area (Å²) in [4.78, 5) is 3.44. The van der Waals surface area contributed by atoms with Crippen LogP contribution in [0.2, 0.25) is 0 Å². The van der Waals surface area contributed by atoms with Crippen LogP contribution in [0.5, 0.6) is 5.75 Å². The Hall–Kier alpha value is -2.29. The second-order valence-corrected chi connectivity index (χ2v) is 5.42. The fraction of sp³-hybridized carbons (Fsp3) is 0.222. The summed E-state index contributed by atoms with van der Waals surface area (Å²) in [6.07, 6.45) is 1.90. The summed E-state index contributed by atoms with van der Waals surface area (Å²) < 4.78 is 19.1. The number of rotatable bonds is 2. The Labute approximate surface area is 122 Å². The average Bonchev–Trinajstić information content (AvgIpc) is 2.85. The molecule has 3 aromatic rings. The molecule has 0 atom stereocenters. The Morgan fingerprint density at radius 3 is 2.90 bits per heavy atom. The van der Waals surface area contributed by atoms with Crippen LogP contribution in [0.25, 0.3) is 22.2 Å². The van der Waals surface area contributed by atoms with Crippen molar-refractivity contribution in [3.8, 4) is 17.0 Å². The number of H-pyrrole nitrogens is 1. The predicted molar refractivity (Wildman–Crippen MR) is 82.3 cm³/mol. The van der Waals surface area contributed by atoms with Crippen LogP contribution < -0.4 is 4.74 Å². The van der Waals surface area contributed by atoms with Gasteiger partial charge in [0.15, 0.2) is 0 Å². The monoisotopic (exact) mass is 281 g/mol. The van der Waals surface area contributed by atoms with Gasteiger partial charge in [-0.25, -0.2) is 4.39 Å². The van der Waals surface area contributed by atoms with Crippen LogP contribution in [0.4, 0.5) is 4.39 Å². The lowest BCUT2D eigenvalue weighted by molar-refractivity contribution is 0.340. The third kappa shape index (κ3) is 1.92. The molecule has 2 aromatic carbocycles. The van der Waals surface area contributed by atoms with Crippen molar-refractivity contribution in [1.29, 1.82) is 0 Å². The smallest absolute Gasteiger partial charge is 0.123 e. The summed E-state index contributed by atoms with van der Waals surface area (Å²) in [6, 6.07) is 11.2. The van der Waals surface area contributed by atoms with Gasteiger partial charge < -0.3 is 9.72 Å². The van der Waals surface area contributed by atoms with Crippen LogP contribution in [0.15, 0.2) is 36.4 Å². The Morgan fingerprint density at radius 2 is 2.05 bits per heavy atom. The predicted octanol–water partition coefficient (Wildman–Crippen LogP) is 4.47. The van der Waals surface area contributed by atoms with E-state index in [1.54, 1.807) is 6.07 Å². The molecule has 0 saturated carbocycles. The highest BCUT2D eigenvalue weighted by Gasteiger charge is 2.21. The Bertz CT molecular complexity index is 835. The van der Waals surface area contributed by atoms with Crippen molar-refractivity contribution in [3.63, 3.8) is 0 Å². The van der Waals surface area contributed by atoms with Gasteiger partial charge in [-0.05, 0) is 67.3 Å². The lowest BCUT2D eigenvalue weighted by Crippen LogP contribution is -2.03. The number of aryl methyl sites for hydroxylation is 2. The summed E-state index contributed by atoms with van der Waals surface area (Å²) in [5.74, 6) is 0.739. The lowest BCUT2D eigenvalue weighted by Gasteiger charge is -2.17. The van der Waals surface area contributed by atoms with Crippen LogP contribution in [-0.4, -0.2) is 11.6 Å². The molecule has 0 bridgehead atoms. The number of aromatic amines is 1. The molecule has 21 heavy (non-hydrogen) atoms. The van der Waals surface area contributed by atoms with E-state index in [2.05, 4.69) is 17.1 Å². The molecule has 0 spiro atoms. The van der Waals surface area contributed by atoms with Gasteiger partial charge in [0.1, 0.15) is 11.6 Å². The molecule has 1 aliphatic carbocycles. The highest BCUT2D eigenvalue weighted by molar-refractivity contribution is 5.92. The molecule has 106 valence electrons. The third-order valence-electron chi connectivity index (χ3n) is 4.17. The van der Waals surface area contributed by atoms with E-state index in [-0.39, 0.29) is 5.82 Å². The quantitative estimate of drug-likeness (QED) is 0.736. The van der Waals surface area contributed by atoms with Crippen molar-refractivity contribution in [3.05, 3.63) is 53.3 Å². The fourth-order valence-electron chi connectivity index (χ4n) is 3.25. The lowest BCUT2D eigenvalue weighted by atomic mass is 9.89. The van der Waals surface area contributed by atoms with Gasteiger partial charge in [0.05, 0.1) is 6.61 Å². The van der Waals surface area contributed by atoms with Gasteiger partial charge >= 0.3 is 0 Å². The first kappa shape index (κ1) is 12.5. The van der Waals surface area contributed by atoms with Gasteiger partial charge in [-0.3, -0.25) is 0 Å². The second-order valence-electron chi connectivity index (χ2n) is 5.42. The molecule has 0 amide bonds. The summed E-state index contributed by atoms with van der Waals surface area (Å²) in [6.45, 7) is 2.67. The fourth-order valence-corrected chi connectivity index (χ4v) is 3.25. The maximum Gasteiger partial charge on any atom is 0.123 e. The summed E-state index contributed by atoms with van der Waals surface area (Å²) in [5.41, 5.74) is 5.85. The molecule has 0 radical (unpaired) electrons. The SMILES string of the molecule is CCOc1ccc2c(c1)CCc1c-2[nH]c2ccc(F)cc12. The molecule has 3 heteroatoms.